The SMILES string of the molecule is COc1ccc(C)cc1NC(=O)C(C)N1C(=O)c2cc(Cl)c(Cl)cc2C1=O. The molecule has 1 aliphatic heterocycles. The van der Waals surface area contributed by atoms with Crippen molar-refractivity contribution >= 4 is 46.6 Å². The number of hydrogen-bond donors (Lipinski definition) is 1. The van der Waals surface area contributed by atoms with Crippen LogP contribution in [0.1, 0.15) is 33.2 Å². The largest absolute Gasteiger partial charge is 0.495 e. The van der Waals surface area contributed by atoms with Gasteiger partial charge in [0.1, 0.15) is 11.8 Å². The molecule has 0 saturated carbocycles. The van der Waals surface area contributed by atoms with Crippen LogP contribution < -0.4 is 10.1 Å². The normalized spacial score (nSPS) is 14.2. The number of rotatable bonds is 4. The van der Waals surface area contributed by atoms with Crippen LogP contribution in [0.3, 0.4) is 0 Å². The second-order valence-electron chi connectivity index (χ2n) is 6.16. The maximum atomic E-state index is 12.7. The molecular formula is C19H16Cl2N2O4. The molecule has 27 heavy (non-hydrogen) atoms. The highest BCUT2D eigenvalue weighted by Gasteiger charge is 2.41. The first-order chi connectivity index (χ1) is 12.7. The Balaban J connectivity index is 1.87. The van der Waals surface area contributed by atoms with E-state index in [9.17, 15) is 14.4 Å². The molecule has 2 aromatic rings. The minimum Gasteiger partial charge on any atom is -0.495 e. The molecule has 0 spiro atoms. The minimum absolute atomic E-state index is 0.127. The van der Waals surface area contributed by atoms with Gasteiger partial charge in [-0.1, -0.05) is 29.3 Å². The van der Waals surface area contributed by atoms with E-state index in [1.807, 2.05) is 13.0 Å². The zero-order valence-corrected chi connectivity index (χ0v) is 16.3. The number of benzene rings is 2. The summed E-state index contributed by atoms with van der Waals surface area (Å²) in [6, 6.07) is 6.95. The predicted molar refractivity (Wildman–Crippen MR) is 103 cm³/mol. The molecule has 0 aliphatic carbocycles. The van der Waals surface area contributed by atoms with Crippen molar-refractivity contribution < 1.29 is 19.1 Å². The molecule has 1 unspecified atom stereocenters. The van der Waals surface area contributed by atoms with Gasteiger partial charge in [-0.05, 0) is 43.7 Å². The maximum absolute atomic E-state index is 12.7. The van der Waals surface area contributed by atoms with Gasteiger partial charge in [0.2, 0.25) is 5.91 Å². The molecule has 0 fully saturated rings. The summed E-state index contributed by atoms with van der Waals surface area (Å²) in [5, 5.41) is 3.04. The van der Waals surface area contributed by atoms with Gasteiger partial charge >= 0.3 is 0 Å². The number of hydrogen-bond acceptors (Lipinski definition) is 4. The molecule has 8 heteroatoms. The number of halogens is 2. The second kappa shape index (κ2) is 7.21. The van der Waals surface area contributed by atoms with Gasteiger partial charge in [0.25, 0.3) is 11.8 Å². The molecule has 1 N–H and O–H groups in total. The van der Waals surface area contributed by atoms with Gasteiger partial charge in [0, 0.05) is 0 Å². The van der Waals surface area contributed by atoms with Crippen LogP contribution in [0.5, 0.6) is 5.75 Å². The van der Waals surface area contributed by atoms with Gasteiger partial charge in [0.05, 0.1) is 34.0 Å². The summed E-state index contributed by atoms with van der Waals surface area (Å²) in [5.41, 5.74) is 1.63. The van der Waals surface area contributed by atoms with Gasteiger partial charge in [0.15, 0.2) is 0 Å². The number of amides is 3. The number of carbonyl (C=O) groups is 3. The third-order valence-corrected chi connectivity index (χ3v) is 5.06. The van der Waals surface area contributed by atoms with Crippen LogP contribution in [0.4, 0.5) is 5.69 Å². The highest BCUT2D eigenvalue weighted by Crippen LogP contribution is 2.33. The van der Waals surface area contributed by atoms with Gasteiger partial charge in [-0.25, -0.2) is 0 Å². The summed E-state index contributed by atoms with van der Waals surface area (Å²) in [5.74, 6) is -1.23. The number of anilines is 1. The van der Waals surface area contributed by atoms with Crippen LogP contribution in [-0.4, -0.2) is 35.8 Å². The molecule has 6 nitrogen and oxygen atoms in total. The number of nitrogens with zero attached hydrogens (tertiary/aromatic N) is 1. The molecule has 0 aromatic heterocycles. The third kappa shape index (κ3) is 3.38. The quantitative estimate of drug-likeness (QED) is 0.780. The molecular weight excluding hydrogens is 391 g/mol. The van der Waals surface area contributed by atoms with E-state index in [-0.39, 0.29) is 21.2 Å². The first-order valence-electron chi connectivity index (χ1n) is 8.07. The lowest BCUT2D eigenvalue weighted by Crippen LogP contribution is -2.45. The Morgan fingerprint density at radius 2 is 1.63 bits per heavy atom. The molecule has 1 atom stereocenters. The Morgan fingerprint density at radius 3 is 2.15 bits per heavy atom. The number of ether oxygens (including phenoxy) is 1. The molecule has 0 saturated heterocycles. The van der Waals surface area contributed by atoms with E-state index in [1.165, 1.54) is 26.2 Å². The van der Waals surface area contributed by atoms with Crippen LogP contribution >= 0.6 is 23.2 Å². The van der Waals surface area contributed by atoms with Crippen LogP contribution in [0.15, 0.2) is 30.3 Å². The van der Waals surface area contributed by atoms with E-state index in [4.69, 9.17) is 27.9 Å². The maximum Gasteiger partial charge on any atom is 0.262 e. The van der Waals surface area contributed by atoms with Crippen LogP contribution in [-0.2, 0) is 4.79 Å². The second-order valence-corrected chi connectivity index (χ2v) is 6.98. The summed E-state index contributed by atoms with van der Waals surface area (Å²) in [6.45, 7) is 3.35. The zero-order valence-electron chi connectivity index (χ0n) is 14.8. The summed E-state index contributed by atoms with van der Waals surface area (Å²) in [7, 11) is 1.49. The zero-order chi connectivity index (χ0) is 19.9. The van der Waals surface area contributed by atoms with E-state index >= 15 is 0 Å². The Hall–Kier alpha value is -2.57. The number of imide groups is 1. The lowest BCUT2D eigenvalue weighted by molar-refractivity contribution is -0.119. The van der Waals surface area contributed by atoms with Crippen molar-refractivity contribution in [3.05, 3.63) is 57.1 Å². The summed E-state index contributed by atoms with van der Waals surface area (Å²) >= 11 is 11.9. The van der Waals surface area contributed by atoms with Gasteiger partial charge in [-0.2, -0.15) is 0 Å². The molecule has 2 aromatic carbocycles. The molecule has 1 aliphatic rings. The fourth-order valence-corrected chi connectivity index (χ4v) is 3.21. The van der Waals surface area contributed by atoms with Crippen molar-refractivity contribution in [2.24, 2.45) is 0 Å². The van der Waals surface area contributed by atoms with Crippen molar-refractivity contribution in [3.8, 4) is 5.75 Å². The summed E-state index contributed by atoms with van der Waals surface area (Å²) < 4.78 is 5.23. The Kier molecular flexibility index (Phi) is 5.13. The fraction of sp³-hybridized carbons (Fsp3) is 0.211. The lowest BCUT2D eigenvalue weighted by Gasteiger charge is -2.22. The molecule has 0 radical (unpaired) electrons. The average molecular weight is 407 g/mol. The summed E-state index contributed by atoms with van der Waals surface area (Å²) in [6.07, 6.45) is 0. The monoisotopic (exact) mass is 406 g/mol. The smallest absolute Gasteiger partial charge is 0.262 e. The number of fused-ring (bicyclic) bond motifs is 1. The van der Waals surface area contributed by atoms with Crippen LogP contribution in [0, 0.1) is 6.92 Å². The molecule has 3 rings (SSSR count). The van der Waals surface area contributed by atoms with Crippen LogP contribution in [0.2, 0.25) is 10.0 Å². The van der Waals surface area contributed by atoms with E-state index in [0.29, 0.717) is 11.4 Å². The number of nitrogens with one attached hydrogen (secondary N) is 1. The van der Waals surface area contributed by atoms with Crippen molar-refractivity contribution in [1.82, 2.24) is 4.90 Å². The highest BCUT2D eigenvalue weighted by molar-refractivity contribution is 6.43. The predicted octanol–water partition coefficient (Wildman–Crippen LogP) is 3.93. The average Bonchev–Trinajstić information content (AvgIpc) is 2.85. The fourth-order valence-electron chi connectivity index (χ4n) is 2.88. The standard InChI is InChI=1S/C19H16Cl2N2O4/c1-9-4-5-16(27-3)15(6-9)22-17(24)10(2)23-18(25)11-7-13(20)14(21)8-12(11)19(23)26/h4-8,10H,1-3H3,(H,22,24). The van der Waals surface area contributed by atoms with Gasteiger partial charge in [-0.3, -0.25) is 19.3 Å². The van der Waals surface area contributed by atoms with Crippen molar-refractivity contribution in [3.63, 3.8) is 0 Å². The Morgan fingerprint density at radius 1 is 1.07 bits per heavy atom. The van der Waals surface area contributed by atoms with Crippen molar-refractivity contribution in [2.75, 3.05) is 12.4 Å². The topological polar surface area (TPSA) is 75.7 Å². The third-order valence-electron chi connectivity index (χ3n) is 4.34. The van der Waals surface area contributed by atoms with Gasteiger partial charge in [-0.15, -0.1) is 0 Å². The lowest BCUT2D eigenvalue weighted by atomic mass is 10.1. The molecule has 0 bridgehead atoms. The highest BCUT2D eigenvalue weighted by atomic mass is 35.5. The van der Waals surface area contributed by atoms with E-state index in [1.54, 1.807) is 12.1 Å². The Bertz CT molecular complexity index is 933. The Labute approximate surface area is 166 Å². The minimum atomic E-state index is -1.04. The molecule has 140 valence electrons. The first kappa shape index (κ1) is 19.2. The molecule has 3 amide bonds. The first-order valence-corrected chi connectivity index (χ1v) is 8.82. The van der Waals surface area contributed by atoms with Crippen molar-refractivity contribution in [2.45, 2.75) is 19.9 Å². The molecule has 1 heterocycles. The van der Waals surface area contributed by atoms with Gasteiger partial charge < -0.3 is 10.1 Å². The van der Waals surface area contributed by atoms with E-state index < -0.39 is 23.8 Å². The van der Waals surface area contributed by atoms with E-state index in [2.05, 4.69) is 5.32 Å². The number of aryl methyl sites for hydroxylation is 1. The summed E-state index contributed by atoms with van der Waals surface area (Å²) in [4.78, 5) is 38.9. The van der Waals surface area contributed by atoms with E-state index in [0.717, 1.165) is 10.5 Å². The number of carbonyl (C=O) groups excluding carboxylic acids is 3. The number of methoxy groups -OCH3 is 1. The van der Waals surface area contributed by atoms with Crippen molar-refractivity contribution in [1.29, 1.82) is 0 Å². The van der Waals surface area contributed by atoms with Crippen LogP contribution in [0.25, 0.3) is 0 Å².